The standard InChI is InChI=1S/C32H35NO2/c1-20(2)24-16-13-21(3)19-28(24)33-32(34)27-17-14-22-9-5-7-11-25(22)30(27)31-26-12-8-6-10-23(26)15-18-29(31)35-4/h5-12,14-15,17-18,20-21,24,28H,13,16,19H2,1-4H3,(H,33,34)/t21-,24+,28-/m1/s1. The maximum absolute atomic E-state index is 14.0. The molecule has 1 saturated carbocycles. The van der Waals surface area contributed by atoms with E-state index in [4.69, 9.17) is 4.74 Å². The molecule has 0 bridgehead atoms. The molecule has 0 saturated heterocycles. The maximum atomic E-state index is 14.0. The maximum Gasteiger partial charge on any atom is 0.252 e. The van der Waals surface area contributed by atoms with Gasteiger partial charge in [0.2, 0.25) is 0 Å². The molecule has 0 aromatic heterocycles. The first kappa shape index (κ1) is 23.4. The number of benzene rings is 4. The molecular weight excluding hydrogens is 430 g/mol. The lowest BCUT2D eigenvalue weighted by Gasteiger charge is -2.38. The van der Waals surface area contributed by atoms with Crippen LogP contribution in [0, 0.1) is 17.8 Å². The Morgan fingerprint density at radius 3 is 2.14 bits per heavy atom. The molecule has 0 radical (unpaired) electrons. The molecule has 1 fully saturated rings. The molecule has 4 aromatic rings. The van der Waals surface area contributed by atoms with Crippen molar-refractivity contribution in [2.24, 2.45) is 17.8 Å². The summed E-state index contributed by atoms with van der Waals surface area (Å²) in [5.41, 5.74) is 2.63. The second kappa shape index (κ2) is 9.73. The van der Waals surface area contributed by atoms with E-state index in [0.29, 0.717) is 23.3 Å². The molecule has 1 aliphatic carbocycles. The van der Waals surface area contributed by atoms with Crippen molar-refractivity contribution in [1.82, 2.24) is 5.32 Å². The van der Waals surface area contributed by atoms with Gasteiger partial charge in [0.25, 0.3) is 5.91 Å². The Labute approximate surface area is 208 Å². The van der Waals surface area contributed by atoms with E-state index >= 15 is 0 Å². The number of hydrogen-bond donors (Lipinski definition) is 1. The van der Waals surface area contributed by atoms with E-state index in [1.54, 1.807) is 7.11 Å². The summed E-state index contributed by atoms with van der Waals surface area (Å²) in [6.45, 7) is 6.86. The smallest absolute Gasteiger partial charge is 0.252 e. The van der Waals surface area contributed by atoms with E-state index in [9.17, 15) is 4.79 Å². The van der Waals surface area contributed by atoms with Crippen molar-refractivity contribution in [1.29, 1.82) is 0 Å². The van der Waals surface area contributed by atoms with E-state index in [-0.39, 0.29) is 11.9 Å². The summed E-state index contributed by atoms with van der Waals surface area (Å²) in [5.74, 6) is 2.46. The third-order valence-electron chi connectivity index (χ3n) is 7.87. The van der Waals surface area contributed by atoms with Crippen LogP contribution in [0.5, 0.6) is 5.75 Å². The minimum Gasteiger partial charge on any atom is -0.496 e. The lowest BCUT2D eigenvalue weighted by Crippen LogP contribution is -2.45. The van der Waals surface area contributed by atoms with Gasteiger partial charge in [-0.05, 0) is 64.3 Å². The number of ether oxygens (including phenoxy) is 1. The Morgan fingerprint density at radius 2 is 1.49 bits per heavy atom. The fraction of sp³-hybridized carbons (Fsp3) is 0.344. The van der Waals surface area contributed by atoms with Crippen LogP contribution in [0.1, 0.15) is 50.4 Å². The van der Waals surface area contributed by atoms with Crippen LogP contribution in [0.2, 0.25) is 0 Å². The minimum atomic E-state index is 0.00508. The largest absolute Gasteiger partial charge is 0.496 e. The quantitative estimate of drug-likeness (QED) is 0.326. The highest BCUT2D eigenvalue weighted by atomic mass is 16.5. The SMILES string of the molecule is COc1ccc2ccccc2c1-c1c(C(=O)N[C@@H]2C[C@H](C)CC[C@H]2C(C)C)ccc2ccccc12. The minimum absolute atomic E-state index is 0.00508. The van der Waals surface area contributed by atoms with Crippen molar-refractivity contribution in [3.05, 3.63) is 78.4 Å². The van der Waals surface area contributed by atoms with Gasteiger partial charge >= 0.3 is 0 Å². The van der Waals surface area contributed by atoms with Crippen molar-refractivity contribution in [3.63, 3.8) is 0 Å². The van der Waals surface area contributed by atoms with Crippen LogP contribution < -0.4 is 10.1 Å². The van der Waals surface area contributed by atoms with E-state index in [1.807, 2.05) is 36.4 Å². The normalized spacial score (nSPS) is 20.3. The van der Waals surface area contributed by atoms with Gasteiger partial charge in [-0.15, -0.1) is 0 Å². The van der Waals surface area contributed by atoms with Gasteiger partial charge in [-0.3, -0.25) is 4.79 Å². The number of rotatable bonds is 5. The van der Waals surface area contributed by atoms with Crippen molar-refractivity contribution >= 4 is 27.5 Å². The summed E-state index contributed by atoms with van der Waals surface area (Å²) >= 11 is 0. The van der Waals surface area contributed by atoms with Crippen molar-refractivity contribution in [3.8, 4) is 16.9 Å². The zero-order chi connectivity index (χ0) is 24.5. The number of fused-ring (bicyclic) bond motifs is 2. The number of carbonyl (C=O) groups is 1. The summed E-state index contributed by atoms with van der Waals surface area (Å²) in [6, 6.07) is 25.0. The predicted molar refractivity (Wildman–Crippen MR) is 146 cm³/mol. The van der Waals surface area contributed by atoms with Crippen molar-refractivity contribution in [2.45, 2.75) is 46.1 Å². The van der Waals surface area contributed by atoms with Gasteiger partial charge in [-0.2, -0.15) is 0 Å². The molecule has 0 aliphatic heterocycles. The first-order valence-electron chi connectivity index (χ1n) is 12.9. The van der Waals surface area contributed by atoms with Crippen LogP contribution in [0.3, 0.4) is 0 Å². The predicted octanol–water partition coefficient (Wildman–Crippen LogP) is 7.86. The molecule has 4 aromatic carbocycles. The number of methoxy groups -OCH3 is 1. The Balaban J connectivity index is 1.69. The third kappa shape index (κ3) is 4.40. The molecule has 1 aliphatic rings. The second-order valence-electron chi connectivity index (χ2n) is 10.5. The molecule has 1 amide bonds. The van der Waals surface area contributed by atoms with Gasteiger partial charge in [0, 0.05) is 22.7 Å². The van der Waals surface area contributed by atoms with Crippen LogP contribution in [-0.4, -0.2) is 19.1 Å². The fourth-order valence-corrected chi connectivity index (χ4v) is 6.02. The lowest BCUT2D eigenvalue weighted by atomic mass is 9.74. The number of carbonyl (C=O) groups excluding carboxylic acids is 1. The Hall–Kier alpha value is -3.33. The lowest BCUT2D eigenvalue weighted by molar-refractivity contribution is 0.0868. The van der Waals surface area contributed by atoms with E-state index in [2.05, 4.69) is 62.5 Å². The molecule has 3 atom stereocenters. The summed E-state index contributed by atoms with van der Waals surface area (Å²) < 4.78 is 5.87. The third-order valence-corrected chi connectivity index (χ3v) is 7.87. The van der Waals surface area contributed by atoms with Gasteiger partial charge in [-0.1, -0.05) is 87.9 Å². The topological polar surface area (TPSA) is 38.3 Å². The summed E-state index contributed by atoms with van der Waals surface area (Å²) in [7, 11) is 1.70. The summed E-state index contributed by atoms with van der Waals surface area (Å²) in [4.78, 5) is 14.0. The average molecular weight is 466 g/mol. The first-order chi connectivity index (χ1) is 17.0. The van der Waals surface area contributed by atoms with Crippen LogP contribution in [0.15, 0.2) is 72.8 Å². The molecule has 1 N–H and O–H groups in total. The number of hydrogen-bond acceptors (Lipinski definition) is 2. The zero-order valence-corrected chi connectivity index (χ0v) is 21.2. The molecule has 0 unspecified atom stereocenters. The van der Waals surface area contributed by atoms with Gasteiger partial charge in [0.1, 0.15) is 5.75 Å². The fourth-order valence-electron chi connectivity index (χ4n) is 6.02. The zero-order valence-electron chi connectivity index (χ0n) is 21.2. The van der Waals surface area contributed by atoms with Crippen LogP contribution in [-0.2, 0) is 0 Å². The molecule has 180 valence electrons. The molecular formula is C32H35NO2. The van der Waals surface area contributed by atoms with Crippen LogP contribution in [0.25, 0.3) is 32.7 Å². The molecule has 3 heteroatoms. The average Bonchev–Trinajstić information content (AvgIpc) is 2.87. The first-order valence-corrected chi connectivity index (χ1v) is 12.9. The van der Waals surface area contributed by atoms with E-state index in [0.717, 1.165) is 44.8 Å². The molecule has 0 heterocycles. The summed E-state index contributed by atoms with van der Waals surface area (Å²) in [6.07, 6.45) is 3.45. The second-order valence-corrected chi connectivity index (χ2v) is 10.5. The monoisotopic (exact) mass is 465 g/mol. The highest BCUT2D eigenvalue weighted by Gasteiger charge is 2.32. The van der Waals surface area contributed by atoms with Gasteiger partial charge in [0.05, 0.1) is 7.11 Å². The number of amides is 1. The molecule has 0 spiro atoms. The Kier molecular flexibility index (Phi) is 6.51. The van der Waals surface area contributed by atoms with Crippen LogP contribution >= 0.6 is 0 Å². The molecule has 35 heavy (non-hydrogen) atoms. The van der Waals surface area contributed by atoms with Gasteiger partial charge < -0.3 is 10.1 Å². The highest BCUT2D eigenvalue weighted by molar-refractivity contribution is 6.15. The van der Waals surface area contributed by atoms with Gasteiger partial charge in [-0.25, -0.2) is 0 Å². The van der Waals surface area contributed by atoms with E-state index < -0.39 is 0 Å². The van der Waals surface area contributed by atoms with Crippen molar-refractivity contribution in [2.75, 3.05) is 7.11 Å². The van der Waals surface area contributed by atoms with Crippen LogP contribution in [0.4, 0.5) is 0 Å². The Bertz CT molecular complexity index is 1370. The number of nitrogens with one attached hydrogen (secondary N) is 1. The molecule has 3 nitrogen and oxygen atoms in total. The Morgan fingerprint density at radius 1 is 0.857 bits per heavy atom. The van der Waals surface area contributed by atoms with Crippen molar-refractivity contribution < 1.29 is 9.53 Å². The highest BCUT2D eigenvalue weighted by Crippen LogP contribution is 2.43. The van der Waals surface area contributed by atoms with E-state index in [1.165, 1.54) is 12.8 Å². The van der Waals surface area contributed by atoms with Gasteiger partial charge in [0.15, 0.2) is 0 Å². The summed E-state index contributed by atoms with van der Waals surface area (Å²) in [5, 5.41) is 7.87. The molecule has 5 rings (SSSR count).